The Hall–Kier alpha value is -1.59. The van der Waals surface area contributed by atoms with Crippen molar-refractivity contribution in [2.75, 3.05) is 20.1 Å². The maximum Gasteiger partial charge on any atom is 0.419 e. The molecule has 0 aliphatic heterocycles. The molecule has 0 amide bonds. The van der Waals surface area contributed by atoms with E-state index in [0.717, 1.165) is 37.1 Å². The summed E-state index contributed by atoms with van der Waals surface area (Å²) in [6.45, 7) is 2.88. The first-order valence-electron chi connectivity index (χ1n) is 6.66. The Bertz CT molecular complexity index is 586. The number of aromatic nitrogens is 1. The van der Waals surface area contributed by atoms with E-state index in [4.69, 9.17) is 4.42 Å². The highest BCUT2D eigenvalue weighted by atomic mass is 16.4. The van der Waals surface area contributed by atoms with Gasteiger partial charge in [0.2, 0.25) is 0 Å². The molecule has 0 radical (unpaired) electrons. The van der Waals surface area contributed by atoms with Gasteiger partial charge in [-0.3, -0.25) is 4.57 Å². The summed E-state index contributed by atoms with van der Waals surface area (Å²) in [5.74, 6) is -0.313. The second kappa shape index (κ2) is 6.54. The maximum absolute atomic E-state index is 11.4. The number of nitrogens with zero attached hydrogens (tertiary/aromatic N) is 1. The Kier molecular flexibility index (Phi) is 4.76. The van der Waals surface area contributed by atoms with E-state index in [-0.39, 0.29) is 5.76 Å². The molecule has 0 fully saturated rings. The number of hydrogen-bond donors (Lipinski definition) is 2. The third-order valence-corrected chi connectivity index (χ3v) is 3.22. The molecule has 0 bridgehead atoms. The van der Waals surface area contributed by atoms with E-state index in [9.17, 15) is 4.79 Å². The topological polar surface area (TPSA) is 59.2 Å². The normalized spacial score (nSPS) is 11.3. The van der Waals surface area contributed by atoms with Gasteiger partial charge in [-0.1, -0.05) is 6.07 Å². The van der Waals surface area contributed by atoms with Crippen molar-refractivity contribution >= 4 is 11.1 Å². The molecule has 0 saturated heterocycles. The van der Waals surface area contributed by atoms with E-state index >= 15 is 0 Å². The zero-order valence-corrected chi connectivity index (χ0v) is 11.5. The summed E-state index contributed by atoms with van der Waals surface area (Å²) in [5.41, 5.74) is 2.65. The third-order valence-electron chi connectivity index (χ3n) is 3.22. The molecule has 0 unspecified atom stereocenters. The Morgan fingerprint density at radius 1 is 1.26 bits per heavy atom. The molecule has 2 aromatic rings. The molecule has 2 N–H and O–H groups in total. The molecule has 2 rings (SSSR count). The second-order valence-corrected chi connectivity index (χ2v) is 4.72. The molecule has 0 spiro atoms. The molecule has 19 heavy (non-hydrogen) atoms. The highest BCUT2D eigenvalue weighted by Gasteiger charge is 2.05. The monoisotopic (exact) mass is 263 g/mol. The van der Waals surface area contributed by atoms with Gasteiger partial charge in [-0.25, -0.2) is 4.79 Å². The second-order valence-electron chi connectivity index (χ2n) is 4.72. The molecule has 1 aromatic carbocycles. The minimum atomic E-state index is -0.313. The molecule has 5 heteroatoms. The summed E-state index contributed by atoms with van der Waals surface area (Å²) >= 11 is 0. The van der Waals surface area contributed by atoms with E-state index in [1.54, 1.807) is 7.05 Å². The summed E-state index contributed by atoms with van der Waals surface area (Å²) in [7, 11) is 3.70. The third kappa shape index (κ3) is 3.45. The standard InChI is InChI=1S/C14H21N3O2/c1-15-7-3-4-8-16-10-11-5-6-13-12(9-11)17(2)14(18)19-13/h5-6,9,15-16H,3-4,7-8,10H2,1-2H3. The number of hydrogen-bond acceptors (Lipinski definition) is 4. The van der Waals surface area contributed by atoms with Gasteiger partial charge in [0, 0.05) is 13.6 Å². The van der Waals surface area contributed by atoms with Crippen LogP contribution < -0.4 is 16.4 Å². The molecule has 5 nitrogen and oxygen atoms in total. The van der Waals surface area contributed by atoms with Crippen LogP contribution in [0.4, 0.5) is 0 Å². The average molecular weight is 263 g/mol. The summed E-state index contributed by atoms with van der Waals surface area (Å²) in [5, 5.41) is 6.54. The SMILES string of the molecule is CNCCCCNCc1ccc2oc(=O)n(C)c2c1. The van der Waals surface area contributed by atoms with Crippen molar-refractivity contribution in [3.63, 3.8) is 0 Å². The van der Waals surface area contributed by atoms with Gasteiger partial charge in [-0.2, -0.15) is 0 Å². The van der Waals surface area contributed by atoms with Crippen molar-refractivity contribution in [3.05, 3.63) is 34.3 Å². The smallest absolute Gasteiger partial charge is 0.408 e. The average Bonchev–Trinajstić information content (AvgIpc) is 2.70. The number of rotatable bonds is 7. The fourth-order valence-electron chi connectivity index (χ4n) is 2.07. The molecule has 0 saturated carbocycles. The van der Waals surface area contributed by atoms with Gasteiger partial charge in [0.1, 0.15) is 0 Å². The van der Waals surface area contributed by atoms with Gasteiger partial charge in [0.05, 0.1) is 5.52 Å². The summed E-state index contributed by atoms with van der Waals surface area (Å²) < 4.78 is 6.64. The van der Waals surface area contributed by atoms with E-state index < -0.39 is 0 Å². The fraction of sp³-hybridized carbons (Fsp3) is 0.500. The van der Waals surface area contributed by atoms with Crippen molar-refractivity contribution in [2.45, 2.75) is 19.4 Å². The summed E-state index contributed by atoms with van der Waals surface area (Å²) in [6, 6.07) is 5.85. The highest BCUT2D eigenvalue weighted by molar-refractivity contribution is 5.73. The number of unbranched alkanes of at least 4 members (excludes halogenated alkanes) is 1. The van der Waals surface area contributed by atoms with Crippen molar-refractivity contribution in [2.24, 2.45) is 7.05 Å². The molecule has 0 aliphatic rings. The first-order valence-corrected chi connectivity index (χ1v) is 6.66. The zero-order chi connectivity index (χ0) is 13.7. The molecule has 1 aromatic heterocycles. The Morgan fingerprint density at radius 2 is 2.05 bits per heavy atom. The number of aryl methyl sites for hydroxylation is 1. The Morgan fingerprint density at radius 3 is 2.84 bits per heavy atom. The van der Waals surface area contributed by atoms with Crippen molar-refractivity contribution in [3.8, 4) is 0 Å². The number of oxazole rings is 1. The quantitative estimate of drug-likeness (QED) is 0.737. The summed E-state index contributed by atoms with van der Waals surface area (Å²) in [4.78, 5) is 11.4. The lowest BCUT2D eigenvalue weighted by atomic mass is 10.2. The predicted molar refractivity (Wildman–Crippen MR) is 76.3 cm³/mol. The van der Waals surface area contributed by atoms with Crippen molar-refractivity contribution in [1.82, 2.24) is 15.2 Å². The summed E-state index contributed by atoms with van der Waals surface area (Å²) in [6.07, 6.45) is 2.34. The van der Waals surface area contributed by atoms with Gasteiger partial charge >= 0.3 is 5.76 Å². The number of fused-ring (bicyclic) bond motifs is 1. The van der Waals surface area contributed by atoms with Crippen LogP contribution in [0.1, 0.15) is 18.4 Å². The fourth-order valence-corrected chi connectivity index (χ4v) is 2.07. The van der Waals surface area contributed by atoms with Crippen LogP contribution in [0.25, 0.3) is 11.1 Å². The van der Waals surface area contributed by atoms with Crippen LogP contribution in [0.15, 0.2) is 27.4 Å². The van der Waals surface area contributed by atoms with Gasteiger partial charge in [-0.05, 0) is 50.7 Å². The lowest BCUT2D eigenvalue weighted by Crippen LogP contribution is -2.16. The molecule has 104 valence electrons. The van der Waals surface area contributed by atoms with E-state index in [1.165, 1.54) is 11.0 Å². The van der Waals surface area contributed by atoms with Crippen LogP contribution in [0.2, 0.25) is 0 Å². The van der Waals surface area contributed by atoms with E-state index in [0.29, 0.717) is 5.58 Å². The molecular weight excluding hydrogens is 242 g/mol. The van der Waals surface area contributed by atoms with Crippen LogP contribution in [0.3, 0.4) is 0 Å². The van der Waals surface area contributed by atoms with Crippen molar-refractivity contribution in [1.29, 1.82) is 0 Å². The van der Waals surface area contributed by atoms with E-state index in [1.807, 2.05) is 25.2 Å². The Balaban J connectivity index is 1.91. The molecular formula is C14H21N3O2. The van der Waals surface area contributed by atoms with Crippen LogP contribution in [-0.2, 0) is 13.6 Å². The molecule has 0 aliphatic carbocycles. The molecule has 0 atom stereocenters. The largest absolute Gasteiger partial charge is 0.419 e. The van der Waals surface area contributed by atoms with E-state index in [2.05, 4.69) is 10.6 Å². The first kappa shape index (κ1) is 13.8. The molecule has 1 heterocycles. The Labute approximate surface area is 112 Å². The van der Waals surface area contributed by atoms with Crippen LogP contribution in [-0.4, -0.2) is 24.7 Å². The van der Waals surface area contributed by atoms with Gasteiger partial charge in [0.25, 0.3) is 0 Å². The number of nitrogens with one attached hydrogen (secondary N) is 2. The van der Waals surface area contributed by atoms with Gasteiger partial charge in [-0.15, -0.1) is 0 Å². The maximum atomic E-state index is 11.4. The highest BCUT2D eigenvalue weighted by Crippen LogP contribution is 2.14. The zero-order valence-electron chi connectivity index (χ0n) is 11.5. The first-order chi connectivity index (χ1) is 9.22. The van der Waals surface area contributed by atoms with Crippen LogP contribution in [0.5, 0.6) is 0 Å². The van der Waals surface area contributed by atoms with Crippen LogP contribution >= 0.6 is 0 Å². The minimum absolute atomic E-state index is 0.313. The van der Waals surface area contributed by atoms with Crippen molar-refractivity contribution < 1.29 is 4.42 Å². The van der Waals surface area contributed by atoms with Gasteiger partial charge < -0.3 is 15.1 Å². The predicted octanol–water partition coefficient (Wildman–Crippen LogP) is 1.22. The lowest BCUT2D eigenvalue weighted by molar-refractivity contribution is 0.528. The number of benzene rings is 1. The van der Waals surface area contributed by atoms with Crippen LogP contribution in [0, 0.1) is 0 Å². The lowest BCUT2D eigenvalue weighted by Gasteiger charge is -2.05. The minimum Gasteiger partial charge on any atom is -0.408 e. The van der Waals surface area contributed by atoms with Gasteiger partial charge in [0.15, 0.2) is 5.58 Å².